The van der Waals surface area contributed by atoms with Gasteiger partial charge in [-0.2, -0.15) is 8.42 Å². The van der Waals surface area contributed by atoms with Gasteiger partial charge in [-0.05, 0) is 67.1 Å². The van der Waals surface area contributed by atoms with Crippen LogP contribution in [0.1, 0.15) is 89.2 Å². The first kappa shape index (κ1) is 44.3. The normalized spacial score (nSPS) is 11.2. The van der Waals surface area contributed by atoms with Gasteiger partial charge in [-0.3, -0.25) is 4.55 Å². The van der Waals surface area contributed by atoms with Gasteiger partial charge in [-0.15, -0.1) is 0 Å². The Bertz CT molecular complexity index is 1710. The van der Waals surface area contributed by atoms with Crippen LogP contribution in [0.5, 0.6) is 34.5 Å². The standard InChI is InChI=1S/2C19H24O5S.Ca/c2*1-2-3-4-5-7-10-15-13-14-17(20)19(25(21,22)23)18(15)24-16-11-8-6-9-12-16;/h2*6,8-9,11-14,20H,2-5,7,10H2,1H3,(H,21,22,23);/q;;+2/p-2. The molecule has 0 atom stereocenters. The van der Waals surface area contributed by atoms with Crippen molar-refractivity contribution in [3.05, 3.63) is 96.1 Å². The summed E-state index contributed by atoms with van der Waals surface area (Å²) < 4.78 is 79.2. The van der Waals surface area contributed by atoms with Crippen LogP contribution in [0.4, 0.5) is 0 Å². The summed E-state index contributed by atoms with van der Waals surface area (Å²) in [5, 5.41) is 21.9. The van der Waals surface area contributed by atoms with Gasteiger partial charge in [0.1, 0.15) is 33.1 Å². The van der Waals surface area contributed by atoms with Gasteiger partial charge in [0.15, 0.2) is 10.6 Å². The van der Waals surface area contributed by atoms with Crippen molar-refractivity contribution >= 4 is 58.0 Å². The molecule has 0 spiro atoms. The molecule has 0 fully saturated rings. The predicted octanol–water partition coefficient (Wildman–Crippen LogP) is 8.53. The minimum Gasteiger partial charge on any atom is -0.872 e. The molecule has 0 saturated carbocycles. The van der Waals surface area contributed by atoms with Gasteiger partial charge in [0.05, 0.1) is 4.90 Å². The van der Waals surface area contributed by atoms with Crippen LogP contribution in [0.25, 0.3) is 0 Å². The molecule has 4 aromatic carbocycles. The fourth-order valence-corrected chi connectivity index (χ4v) is 6.79. The van der Waals surface area contributed by atoms with Crippen molar-refractivity contribution in [2.45, 2.75) is 101 Å². The molecular weight excluding hydrogens is 721 g/mol. The summed E-state index contributed by atoms with van der Waals surface area (Å²) in [5.74, 6) is -0.692. The third kappa shape index (κ3) is 14.6. The van der Waals surface area contributed by atoms with E-state index in [0.717, 1.165) is 63.9 Å². The first-order valence-electron chi connectivity index (χ1n) is 16.9. The minimum absolute atomic E-state index is 0. The number of hydrogen-bond acceptors (Lipinski definition) is 9. The zero-order valence-electron chi connectivity index (χ0n) is 29.3. The van der Waals surface area contributed by atoms with Crippen molar-refractivity contribution in [2.24, 2.45) is 0 Å². The van der Waals surface area contributed by atoms with E-state index in [2.05, 4.69) is 13.8 Å². The van der Waals surface area contributed by atoms with Crippen LogP contribution in [0.15, 0.2) is 94.7 Å². The van der Waals surface area contributed by atoms with E-state index < -0.39 is 41.5 Å². The number of hydrogen-bond donors (Lipinski definition) is 2. The number of para-hydroxylation sites is 2. The van der Waals surface area contributed by atoms with Crippen molar-refractivity contribution < 1.29 is 45.6 Å². The summed E-state index contributed by atoms with van der Waals surface area (Å²) in [4.78, 5) is -1.38. The average Bonchev–Trinajstić information content (AvgIpc) is 3.06. The molecule has 51 heavy (non-hydrogen) atoms. The van der Waals surface area contributed by atoms with Crippen LogP contribution in [0.2, 0.25) is 0 Å². The van der Waals surface area contributed by atoms with Gasteiger partial charge in [0, 0.05) is 0 Å². The van der Waals surface area contributed by atoms with Crippen LogP contribution in [0.3, 0.4) is 0 Å². The Hall–Kier alpha value is -2.84. The van der Waals surface area contributed by atoms with Crippen LogP contribution < -0.4 is 14.6 Å². The van der Waals surface area contributed by atoms with Crippen LogP contribution in [-0.2, 0) is 33.1 Å². The van der Waals surface area contributed by atoms with E-state index in [1.54, 1.807) is 66.7 Å². The Kier molecular flexibility index (Phi) is 19.4. The summed E-state index contributed by atoms with van der Waals surface area (Å²) in [7, 11) is -9.55. The van der Waals surface area contributed by atoms with E-state index in [0.29, 0.717) is 35.5 Å². The predicted molar refractivity (Wildman–Crippen MR) is 195 cm³/mol. The monoisotopic (exact) mass is 766 g/mol. The number of rotatable bonds is 18. The molecule has 0 amide bonds. The number of aryl methyl sites for hydroxylation is 2. The fraction of sp³-hybridized carbons (Fsp3) is 0.368. The van der Waals surface area contributed by atoms with Gasteiger partial charge in [-0.25, -0.2) is 8.42 Å². The molecule has 4 aromatic rings. The van der Waals surface area contributed by atoms with Gasteiger partial charge in [0.25, 0.3) is 0 Å². The van der Waals surface area contributed by atoms with E-state index in [4.69, 9.17) is 9.47 Å². The zero-order valence-corrected chi connectivity index (χ0v) is 33.1. The maximum Gasteiger partial charge on any atom is 2.00 e. The largest absolute Gasteiger partial charge is 2.00 e. The smallest absolute Gasteiger partial charge is 0.872 e. The fourth-order valence-electron chi connectivity index (χ4n) is 5.33. The number of unbranched alkanes of at least 4 members (excludes halogenated alkanes) is 8. The molecule has 0 aromatic heterocycles. The van der Waals surface area contributed by atoms with E-state index in [1.165, 1.54) is 12.5 Å². The second-order valence-electron chi connectivity index (χ2n) is 11.9. The molecule has 0 aliphatic rings. The first-order valence-corrected chi connectivity index (χ1v) is 19.8. The third-order valence-electron chi connectivity index (χ3n) is 7.86. The Morgan fingerprint density at radius 1 is 0.588 bits per heavy atom. The first-order chi connectivity index (χ1) is 23.9. The summed E-state index contributed by atoms with van der Waals surface area (Å²) in [6.45, 7) is 4.27. The van der Waals surface area contributed by atoms with Gasteiger partial charge < -0.3 is 24.2 Å². The van der Waals surface area contributed by atoms with Crippen molar-refractivity contribution in [1.82, 2.24) is 0 Å². The summed E-state index contributed by atoms with van der Waals surface area (Å²) in [6.07, 6.45) is 11.7. The van der Waals surface area contributed by atoms with Gasteiger partial charge in [0.2, 0.25) is 0 Å². The number of ether oxygens (including phenoxy) is 2. The maximum atomic E-state index is 12.0. The number of phenolic OH excluding ortho intramolecular Hbond substituents is 1. The number of benzene rings is 4. The van der Waals surface area contributed by atoms with Gasteiger partial charge >= 0.3 is 47.9 Å². The van der Waals surface area contributed by atoms with E-state index >= 15 is 0 Å². The average molecular weight is 767 g/mol. The summed E-state index contributed by atoms with van der Waals surface area (Å²) in [5.41, 5.74) is 1.21. The molecule has 4 rings (SSSR count). The Morgan fingerprint density at radius 2 is 1.00 bits per heavy atom. The van der Waals surface area contributed by atoms with Crippen molar-refractivity contribution in [3.8, 4) is 34.5 Å². The molecule has 10 nitrogen and oxygen atoms in total. The number of aromatic hydroxyl groups is 1. The van der Waals surface area contributed by atoms with Crippen molar-refractivity contribution in [1.29, 1.82) is 0 Å². The van der Waals surface area contributed by atoms with E-state index in [9.17, 15) is 36.2 Å². The Balaban J connectivity index is 0.000000347. The summed E-state index contributed by atoms with van der Waals surface area (Å²) in [6, 6.07) is 22.8. The topological polar surface area (TPSA) is 173 Å². The molecule has 0 heterocycles. The molecule has 272 valence electrons. The van der Waals surface area contributed by atoms with Crippen LogP contribution in [0, 0.1) is 0 Å². The number of phenols is 1. The van der Waals surface area contributed by atoms with E-state index in [-0.39, 0.29) is 49.2 Å². The molecule has 13 heteroatoms. The van der Waals surface area contributed by atoms with Crippen molar-refractivity contribution in [3.63, 3.8) is 0 Å². The van der Waals surface area contributed by atoms with Crippen LogP contribution in [-0.4, -0.2) is 68.8 Å². The second kappa shape index (κ2) is 22.3. The molecule has 0 radical (unpaired) electrons. The quantitative estimate of drug-likeness (QED) is 0.0568. The van der Waals surface area contributed by atoms with Gasteiger partial charge in [-0.1, -0.05) is 126 Å². The summed E-state index contributed by atoms with van der Waals surface area (Å²) >= 11 is 0. The molecule has 0 bridgehead atoms. The molecule has 0 saturated heterocycles. The molecule has 0 aliphatic carbocycles. The Morgan fingerprint density at radius 3 is 1.41 bits per heavy atom. The maximum absolute atomic E-state index is 12.0. The van der Waals surface area contributed by atoms with E-state index in [1.807, 2.05) is 6.07 Å². The molecule has 2 N–H and O–H groups in total. The SMILES string of the molecule is CCCCCCCc1ccc(O)c(S(=O)(=O)O)c1Oc1ccccc1.CCCCCCCc1ccc([O-])c(S(=O)(=O)[O-])c1Oc1ccccc1.[Ca+2]. The third-order valence-corrected chi connectivity index (χ3v) is 9.66. The van der Waals surface area contributed by atoms with Crippen LogP contribution >= 0.6 is 0 Å². The molecule has 0 aliphatic heterocycles. The van der Waals surface area contributed by atoms with Crippen molar-refractivity contribution in [2.75, 3.05) is 0 Å². The minimum atomic E-state index is -4.93. The zero-order chi connectivity index (χ0) is 36.6. The second-order valence-corrected chi connectivity index (χ2v) is 14.5. The molecular formula is C38H46CaO10S2. The Labute approximate surface area is 332 Å². The molecule has 0 unspecified atom stereocenters.